The van der Waals surface area contributed by atoms with Crippen molar-refractivity contribution in [2.45, 2.75) is 17.7 Å². The minimum Gasteiger partial charge on any atom is -0.508 e. The zero-order valence-electron chi connectivity index (χ0n) is 19.1. The summed E-state index contributed by atoms with van der Waals surface area (Å²) >= 11 is 0. The van der Waals surface area contributed by atoms with E-state index in [1.807, 2.05) is 0 Å². The first-order chi connectivity index (χ1) is 16.7. The van der Waals surface area contributed by atoms with Gasteiger partial charge in [0.15, 0.2) is 5.69 Å². The van der Waals surface area contributed by atoms with Crippen LogP contribution in [0.5, 0.6) is 11.6 Å². The minimum atomic E-state index is -3.81. The minimum absolute atomic E-state index is 0.00575. The molecule has 12 heteroatoms. The monoisotopic (exact) mass is 501 g/mol. The largest absolute Gasteiger partial charge is 0.508 e. The maximum absolute atomic E-state index is 12.8. The van der Waals surface area contributed by atoms with Crippen LogP contribution in [0.25, 0.3) is 10.9 Å². The molecule has 1 atom stereocenters. The van der Waals surface area contributed by atoms with Crippen molar-refractivity contribution in [1.82, 2.24) is 14.6 Å². The number of fused-ring (bicyclic) bond motifs is 1. The van der Waals surface area contributed by atoms with Gasteiger partial charge in [0.05, 0.1) is 29.5 Å². The van der Waals surface area contributed by atoms with E-state index in [-0.39, 0.29) is 28.8 Å². The SMILES string of the molecule is CC(C(=O)N=Nc1c(O)[nH]c2ccc(S(=O)(=O)NCCN3CCOCC3)cc12)c1ccc(O)cc1. The molecule has 1 fully saturated rings. The van der Waals surface area contributed by atoms with E-state index in [0.717, 1.165) is 13.1 Å². The van der Waals surface area contributed by atoms with Crippen LogP contribution >= 0.6 is 0 Å². The summed E-state index contributed by atoms with van der Waals surface area (Å²) in [4.78, 5) is 17.4. The number of hydrogen-bond acceptors (Lipinski definition) is 8. The zero-order chi connectivity index (χ0) is 25.0. The summed E-state index contributed by atoms with van der Waals surface area (Å²) < 4.78 is 33.5. The number of phenols is 1. The average Bonchev–Trinajstić information content (AvgIpc) is 3.17. The molecule has 3 aromatic rings. The van der Waals surface area contributed by atoms with Gasteiger partial charge in [-0.15, -0.1) is 10.2 Å². The van der Waals surface area contributed by atoms with Gasteiger partial charge < -0.3 is 19.9 Å². The number of sulfonamides is 1. The molecule has 4 N–H and O–H groups in total. The Labute approximate surface area is 202 Å². The van der Waals surface area contributed by atoms with Crippen LogP contribution < -0.4 is 4.72 Å². The summed E-state index contributed by atoms with van der Waals surface area (Å²) in [5, 5.41) is 27.7. The number of ether oxygens (including phenoxy) is 1. The van der Waals surface area contributed by atoms with Gasteiger partial charge in [-0.1, -0.05) is 12.1 Å². The number of carbonyl (C=O) groups is 1. The highest BCUT2D eigenvalue weighted by Gasteiger charge is 2.20. The third-order valence-corrected chi connectivity index (χ3v) is 7.33. The number of aromatic amines is 1. The second kappa shape index (κ2) is 10.5. The number of nitrogens with one attached hydrogen (secondary N) is 2. The van der Waals surface area contributed by atoms with Crippen LogP contribution in [0.15, 0.2) is 57.6 Å². The Balaban J connectivity index is 1.50. The Kier molecular flexibility index (Phi) is 7.45. The second-order valence-electron chi connectivity index (χ2n) is 8.23. The highest BCUT2D eigenvalue weighted by molar-refractivity contribution is 7.89. The number of nitrogens with zero attached hydrogens (tertiary/aromatic N) is 3. The Hall–Kier alpha value is -3.32. The van der Waals surface area contributed by atoms with Gasteiger partial charge in [-0.3, -0.25) is 9.69 Å². The lowest BCUT2D eigenvalue weighted by Crippen LogP contribution is -2.41. The number of azo groups is 1. The number of carbonyl (C=O) groups excluding carboxylic acids is 1. The fourth-order valence-corrected chi connectivity index (χ4v) is 4.80. The number of benzene rings is 2. The number of morpholine rings is 1. The summed E-state index contributed by atoms with van der Waals surface area (Å²) in [5.74, 6) is -1.43. The summed E-state index contributed by atoms with van der Waals surface area (Å²) in [6, 6.07) is 10.5. The summed E-state index contributed by atoms with van der Waals surface area (Å²) in [6.07, 6.45) is 0. The van der Waals surface area contributed by atoms with Gasteiger partial charge in [0.2, 0.25) is 15.9 Å². The molecule has 1 saturated heterocycles. The number of aromatic nitrogens is 1. The average molecular weight is 502 g/mol. The third-order valence-electron chi connectivity index (χ3n) is 5.87. The predicted molar refractivity (Wildman–Crippen MR) is 128 cm³/mol. The van der Waals surface area contributed by atoms with Gasteiger partial charge >= 0.3 is 0 Å². The van der Waals surface area contributed by atoms with E-state index in [4.69, 9.17) is 4.74 Å². The molecule has 0 radical (unpaired) electrons. The fourth-order valence-electron chi connectivity index (χ4n) is 3.75. The van der Waals surface area contributed by atoms with Crippen LogP contribution in [0, 0.1) is 0 Å². The Morgan fingerprint density at radius 1 is 1.17 bits per heavy atom. The van der Waals surface area contributed by atoms with Crippen molar-refractivity contribution in [2.75, 3.05) is 39.4 Å². The number of rotatable bonds is 8. The van der Waals surface area contributed by atoms with Gasteiger partial charge in [-0.25, -0.2) is 13.1 Å². The number of aromatic hydroxyl groups is 2. The molecular weight excluding hydrogens is 474 g/mol. The molecule has 2 aromatic carbocycles. The lowest BCUT2D eigenvalue weighted by atomic mass is 10.0. The van der Waals surface area contributed by atoms with E-state index < -0.39 is 21.8 Å². The Morgan fingerprint density at radius 3 is 2.60 bits per heavy atom. The molecule has 186 valence electrons. The Bertz CT molecular complexity index is 1330. The van der Waals surface area contributed by atoms with Crippen LogP contribution in [0.4, 0.5) is 5.69 Å². The lowest BCUT2D eigenvalue weighted by molar-refractivity contribution is -0.119. The molecule has 1 aliphatic rings. The highest BCUT2D eigenvalue weighted by Crippen LogP contribution is 2.37. The van der Waals surface area contributed by atoms with Gasteiger partial charge in [-0.2, -0.15) is 0 Å². The topological polar surface area (TPSA) is 157 Å². The smallest absolute Gasteiger partial charge is 0.271 e. The van der Waals surface area contributed by atoms with Crippen LogP contribution in [-0.2, 0) is 19.6 Å². The van der Waals surface area contributed by atoms with E-state index in [2.05, 4.69) is 24.8 Å². The molecule has 2 heterocycles. The van der Waals surface area contributed by atoms with Crippen LogP contribution in [0.1, 0.15) is 18.4 Å². The quantitative estimate of drug-likeness (QED) is 0.346. The van der Waals surface area contributed by atoms with Crippen LogP contribution in [-0.4, -0.2) is 73.8 Å². The molecule has 0 aliphatic carbocycles. The number of hydrogen-bond donors (Lipinski definition) is 4. The van der Waals surface area contributed by atoms with Crippen molar-refractivity contribution in [2.24, 2.45) is 10.2 Å². The van der Waals surface area contributed by atoms with Crippen molar-refractivity contribution in [3.8, 4) is 11.6 Å². The van der Waals surface area contributed by atoms with Crippen molar-refractivity contribution >= 4 is 32.5 Å². The first-order valence-electron chi connectivity index (χ1n) is 11.1. The molecule has 11 nitrogen and oxygen atoms in total. The van der Waals surface area contributed by atoms with Gasteiger partial charge in [0.25, 0.3) is 5.91 Å². The summed E-state index contributed by atoms with van der Waals surface area (Å²) in [5.41, 5.74) is 1.06. The first-order valence-corrected chi connectivity index (χ1v) is 12.6. The molecule has 0 bridgehead atoms. The molecule has 1 unspecified atom stereocenters. The van der Waals surface area contributed by atoms with E-state index in [9.17, 15) is 23.4 Å². The summed E-state index contributed by atoms with van der Waals surface area (Å²) in [7, 11) is -3.81. The van der Waals surface area contributed by atoms with E-state index in [1.165, 1.54) is 30.3 Å². The second-order valence-corrected chi connectivity index (χ2v) is 10.00. The van der Waals surface area contributed by atoms with E-state index in [0.29, 0.717) is 36.2 Å². The predicted octanol–water partition coefficient (Wildman–Crippen LogP) is 2.60. The molecule has 1 aromatic heterocycles. The lowest BCUT2D eigenvalue weighted by Gasteiger charge is -2.26. The van der Waals surface area contributed by atoms with Gasteiger partial charge in [0.1, 0.15) is 5.75 Å². The number of phenolic OH excluding ortho intramolecular Hbond substituents is 1. The molecular formula is C23H27N5O6S. The molecule has 35 heavy (non-hydrogen) atoms. The first kappa shape index (κ1) is 24.8. The van der Waals surface area contributed by atoms with Gasteiger partial charge in [-0.05, 0) is 42.8 Å². The van der Waals surface area contributed by atoms with Crippen molar-refractivity contribution in [1.29, 1.82) is 0 Å². The summed E-state index contributed by atoms with van der Waals surface area (Å²) in [6.45, 7) is 5.24. The third kappa shape index (κ3) is 5.85. The normalized spacial score (nSPS) is 16.1. The van der Waals surface area contributed by atoms with Crippen molar-refractivity contribution < 1.29 is 28.2 Å². The standard InChI is InChI=1S/C23H27N5O6S/c1-15(16-2-4-17(29)5-3-16)22(30)27-26-21-19-14-18(6-7-20(19)25-23(21)31)35(32,33)24-8-9-28-10-12-34-13-11-28/h2-7,14-15,24-25,29,31H,8-13H2,1H3. The van der Waals surface area contributed by atoms with Gasteiger partial charge in [0, 0.05) is 31.6 Å². The van der Waals surface area contributed by atoms with Crippen molar-refractivity contribution in [3.05, 3.63) is 48.0 Å². The fraction of sp³-hybridized carbons (Fsp3) is 0.348. The Morgan fingerprint density at radius 2 is 1.89 bits per heavy atom. The van der Waals surface area contributed by atoms with Crippen LogP contribution in [0.2, 0.25) is 0 Å². The van der Waals surface area contributed by atoms with E-state index in [1.54, 1.807) is 19.1 Å². The maximum atomic E-state index is 12.8. The molecule has 0 saturated carbocycles. The van der Waals surface area contributed by atoms with E-state index >= 15 is 0 Å². The zero-order valence-corrected chi connectivity index (χ0v) is 20.0. The molecule has 0 spiro atoms. The number of H-pyrrole nitrogens is 1. The molecule has 1 amide bonds. The maximum Gasteiger partial charge on any atom is 0.271 e. The molecule has 4 rings (SSSR count). The van der Waals surface area contributed by atoms with Crippen LogP contribution in [0.3, 0.4) is 0 Å². The van der Waals surface area contributed by atoms with Crippen molar-refractivity contribution in [3.63, 3.8) is 0 Å². The molecule has 1 aliphatic heterocycles. The number of amides is 1. The highest BCUT2D eigenvalue weighted by atomic mass is 32.2.